The van der Waals surface area contributed by atoms with Crippen molar-refractivity contribution in [2.24, 2.45) is 5.11 Å². The first kappa shape index (κ1) is 19.3. The third-order valence-corrected chi connectivity index (χ3v) is 3.82. The molecule has 0 bridgehead atoms. The molecule has 0 aromatic rings. The maximum Gasteiger partial charge on any atom is 0.508 e. The third kappa shape index (κ3) is 4.16. The molecule has 2 heterocycles. The minimum atomic E-state index is -1.03. The van der Waals surface area contributed by atoms with Gasteiger partial charge in [0, 0.05) is 18.9 Å². The lowest BCUT2D eigenvalue weighted by atomic mass is 9.92. The van der Waals surface area contributed by atoms with Gasteiger partial charge in [-0.2, -0.15) is 0 Å². The van der Waals surface area contributed by atoms with E-state index in [4.69, 9.17) is 24.5 Å². The number of carbonyl (C=O) groups excluding carboxylic acids is 3. The zero-order valence-electron chi connectivity index (χ0n) is 14.3. The molecule has 2 aliphatic rings. The number of hydrogen-bond donors (Lipinski definition) is 1. The fourth-order valence-corrected chi connectivity index (χ4v) is 2.77. The van der Waals surface area contributed by atoms with Crippen molar-refractivity contribution in [3.63, 3.8) is 0 Å². The summed E-state index contributed by atoms with van der Waals surface area (Å²) in [7, 11) is 2.49. The number of amides is 1. The molecule has 0 unspecified atom stereocenters. The van der Waals surface area contributed by atoms with E-state index in [-0.39, 0.29) is 12.4 Å². The predicted octanol–water partition coefficient (Wildman–Crippen LogP) is 0.176. The summed E-state index contributed by atoms with van der Waals surface area (Å²) >= 11 is 0. The molecule has 1 amide bonds. The molecule has 0 aliphatic carbocycles. The van der Waals surface area contributed by atoms with Crippen LogP contribution in [0, 0.1) is 0 Å². The molecule has 5 atom stereocenters. The van der Waals surface area contributed by atoms with E-state index in [0.29, 0.717) is 0 Å². The van der Waals surface area contributed by atoms with Gasteiger partial charge in [-0.1, -0.05) is 5.11 Å². The maximum atomic E-state index is 11.9. The van der Waals surface area contributed by atoms with Crippen LogP contribution >= 0.6 is 0 Å². The van der Waals surface area contributed by atoms with Crippen LogP contribution in [0.5, 0.6) is 0 Å². The van der Waals surface area contributed by atoms with Crippen LogP contribution in [0.1, 0.15) is 6.92 Å². The Morgan fingerprint density at radius 2 is 2.15 bits per heavy atom. The van der Waals surface area contributed by atoms with Gasteiger partial charge in [-0.05, 0) is 11.6 Å². The number of azide groups is 1. The van der Waals surface area contributed by atoms with Crippen LogP contribution < -0.4 is 5.32 Å². The Bertz CT molecular complexity index is 659. The Morgan fingerprint density at radius 1 is 1.42 bits per heavy atom. The van der Waals surface area contributed by atoms with E-state index in [1.807, 2.05) is 0 Å². The van der Waals surface area contributed by atoms with E-state index >= 15 is 0 Å². The van der Waals surface area contributed by atoms with Crippen LogP contribution in [0.15, 0.2) is 16.9 Å². The Balaban J connectivity index is 2.41. The van der Waals surface area contributed by atoms with E-state index in [1.165, 1.54) is 20.1 Å². The summed E-state index contributed by atoms with van der Waals surface area (Å²) in [5.74, 6) is -1.45. The van der Waals surface area contributed by atoms with E-state index in [2.05, 4.69) is 20.1 Å². The molecule has 142 valence electrons. The van der Waals surface area contributed by atoms with Crippen molar-refractivity contribution in [2.75, 3.05) is 20.8 Å². The molecule has 26 heavy (non-hydrogen) atoms. The standard InChI is InChI=1S/C14H18N4O8/c1-6(19)16-10-7(17-18-15)4-8(13(20)23-3)25-12(10)11(22-2)9-5-24-14(21)26-9/h4,7,9-12H,5H2,1-3H3,(H,16,19)/t7-,9+,10+,11+,12+/m0/s1. The highest BCUT2D eigenvalue weighted by Crippen LogP contribution is 2.28. The molecule has 0 spiro atoms. The minimum absolute atomic E-state index is 0.104. The Morgan fingerprint density at radius 3 is 2.65 bits per heavy atom. The van der Waals surface area contributed by atoms with Crippen molar-refractivity contribution >= 4 is 18.0 Å². The van der Waals surface area contributed by atoms with Gasteiger partial charge >= 0.3 is 12.1 Å². The SMILES string of the molecule is COC(=O)C1=C[C@H](N=[N+]=[N-])[C@@H](NC(C)=O)[C@H]([C@H](OC)[C@H]2COC(=O)O2)O1. The fourth-order valence-electron chi connectivity index (χ4n) is 2.77. The molecule has 0 saturated carbocycles. The molecule has 12 nitrogen and oxygen atoms in total. The molecule has 0 aromatic heterocycles. The summed E-state index contributed by atoms with van der Waals surface area (Å²) in [6, 6.07) is -1.85. The van der Waals surface area contributed by atoms with Gasteiger partial charge in [0.25, 0.3) is 0 Å². The van der Waals surface area contributed by atoms with Crippen molar-refractivity contribution in [1.82, 2.24) is 5.32 Å². The number of carbonyl (C=O) groups is 3. The lowest BCUT2D eigenvalue weighted by Crippen LogP contribution is -2.59. The maximum absolute atomic E-state index is 11.9. The Kier molecular flexibility index (Phi) is 6.26. The number of nitrogens with zero attached hydrogens (tertiary/aromatic N) is 3. The first-order valence-electron chi connectivity index (χ1n) is 7.55. The van der Waals surface area contributed by atoms with E-state index in [1.54, 1.807) is 0 Å². The average Bonchev–Trinajstić information content (AvgIpc) is 3.03. The van der Waals surface area contributed by atoms with Crippen LogP contribution in [-0.2, 0) is 33.3 Å². The first-order chi connectivity index (χ1) is 12.4. The smallest absolute Gasteiger partial charge is 0.478 e. The lowest BCUT2D eigenvalue weighted by Gasteiger charge is -2.39. The molecular weight excluding hydrogens is 352 g/mol. The van der Waals surface area contributed by atoms with Crippen LogP contribution in [0.2, 0.25) is 0 Å². The molecule has 12 heteroatoms. The predicted molar refractivity (Wildman–Crippen MR) is 82.5 cm³/mol. The topological polar surface area (TPSA) is 158 Å². The second-order valence-corrected chi connectivity index (χ2v) is 5.44. The zero-order valence-corrected chi connectivity index (χ0v) is 14.3. The zero-order chi connectivity index (χ0) is 19.3. The Hall–Kier alpha value is -2.98. The van der Waals surface area contributed by atoms with Gasteiger partial charge in [0.2, 0.25) is 11.7 Å². The molecule has 0 radical (unpaired) electrons. The van der Waals surface area contributed by atoms with Crippen LogP contribution in [0.25, 0.3) is 10.4 Å². The number of nitrogens with one attached hydrogen (secondary N) is 1. The van der Waals surface area contributed by atoms with Crippen LogP contribution in [-0.4, -0.2) is 69.3 Å². The second-order valence-electron chi connectivity index (χ2n) is 5.44. The van der Waals surface area contributed by atoms with Crippen LogP contribution in [0.3, 0.4) is 0 Å². The fraction of sp³-hybridized carbons (Fsp3) is 0.643. The van der Waals surface area contributed by atoms with Crippen molar-refractivity contribution in [3.8, 4) is 0 Å². The van der Waals surface area contributed by atoms with Gasteiger partial charge in [-0.25, -0.2) is 9.59 Å². The van der Waals surface area contributed by atoms with Gasteiger partial charge in [-0.15, -0.1) is 0 Å². The van der Waals surface area contributed by atoms with Crippen molar-refractivity contribution in [3.05, 3.63) is 22.3 Å². The van der Waals surface area contributed by atoms with Crippen molar-refractivity contribution in [2.45, 2.75) is 37.3 Å². The lowest BCUT2D eigenvalue weighted by molar-refractivity contribution is -0.148. The number of esters is 1. The van der Waals surface area contributed by atoms with Gasteiger partial charge in [-0.3, -0.25) is 4.79 Å². The normalized spacial score (nSPS) is 28.4. The van der Waals surface area contributed by atoms with Crippen molar-refractivity contribution in [1.29, 1.82) is 0 Å². The molecule has 0 aromatic carbocycles. The summed E-state index contributed by atoms with van der Waals surface area (Å²) < 4.78 is 25.4. The minimum Gasteiger partial charge on any atom is -0.478 e. The highest BCUT2D eigenvalue weighted by molar-refractivity contribution is 5.86. The average molecular weight is 370 g/mol. The summed E-state index contributed by atoms with van der Waals surface area (Å²) in [5, 5.41) is 6.21. The summed E-state index contributed by atoms with van der Waals surface area (Å²) in [6.07, 6.45) is -2.44. The monoisotopic (exact) mass is 370 g/mol. The summed E-state index contributed by atoms with van der Waals surface area (Å²) in [5.41, 5.74) is 8.82. The highest BCUT2D eigenvalue weighted by Gasteiger charge is 2.47. The number of methoxy groups -OCH3 is 2. The third-order valence-electron chi connectivity index (χ3n) is 3.82. The largest absolute Gasteiger partial charge is 0.508 e. The number of cyclic esters (lactones) is 2. The van der Waals surface area contributed by atoms with E-state index in [9.17, 15) is 14.4 Å². The molecular formula is C14H18N4O8. The first-order valence-corrected chi connectivity index (χ1v) is 7.55. The quantitative estimate of drug-likeness (QED) is 0.300. The van der Waals surface area contributed by atoms with Crippen molar-refractivity contribution < 1.29 is 38.1 Å². The molecule has 1 N–H and O–H groups in total. The highest BCUT2D eigenvalue weighted by atomic mass is 16.8. The van der Waals surface area contributed by atoms with Gasteiger partial charge < -0.3 is 29.0 Å². The second kappa shape index (κ2) is 8.41. The number of rotatable bonds is 6. The summed E-state index contributed by atoms with van der Waals surface area (Å²) in [4.78, 5) is 37.5. The van der Waals surface area contributed by atoms with E-state index in [0.717, 1.165) is 7.11 Å². The molecule has 2 aliphatic heterocycles. The number of ether oxygens (including phenoxy) is 5. The molecule has 2 rings (SSSR count). The van der Waals surface area contributed by atoms with Gasteiger partial charge in [0.05, 0.1) is 19.2 Å². The van der Waals surface area contributed by atoms with Gasteiger partial charge in [0.15, 0.2) is 6.10 Å². The van der Waals surface area contributed by atoms with Gasteiger partial charge in [0.1, 0.15) is 18.8 Å². The molecule has 1 fully saturated rings. The summed E-state index contributed by atoms with van der Waals surface area (Å²) in [6.45, 7) is 1.16. The number of hydrogen-bond acceptors (Lipinski definition) is 9. The van der Waals surface area contributed by atoms with Crippen LogP contribution in [0.4, 0.5) is 4.79 Å². The van der Waals surface area contributed by atoms with E-state index < -0.39 is 48.4 Å². The molecule has 1 saturated heterocycles. The Labute approximate surface area is 148 Å².